The fourth-order valence-electron chi connectivity index (χ4n) is 2.68. The van der Waals surface area contributed by atoms with Crippen LogP contribution in [-0.2, 0) is 16.1 Å². The average molecular weight is 279 g/mol. The van der Waals surface area contributed by atoms with Crippen molar-refractivity contribution < 1.29 is 9.53 Å². The van der Waals surface area contributed by atoms with E-state index in [1.165, 1.54) is 7.11 Å². The first-order valence-corrected chi connectivity index (χ1v) is 7.48. The second kappa shape index (κ2) is 6.88. The predicted molar refractivity (Wildman–Crippen MR) is 77.2 cm³/mol. The van der Waals surface area contributed by atoms with Gasteiger partial charge in [-0.1, -0.05) is 6.92 Å². The van der Waals surface area contributed by atoms with E-state index in [4.69, 9.17) is 4.74 Å². The molecule has 0 saturated carbocycles. The Morgan fingerprint density at radius 1 is 1.60 bits per heavy atom. The van der Waals surface area contributed by atoms with Gasteiger partial charge in [0, 0.05) is 25.3 Å². The maximum absolute atomic E-state index is 11.6. The number of carbonyl (C=O) groups excluding carboxylic acids is 1. The molecule has 2 atom stereocenters. The van der Waals surface area contributed by atoms with E-state index in [2.05, 4.69) is 29.9 Å². The van der Waals surface area contributed by atoms with E-state index < -0.39 is 0 Å². The third kappa shape index (κ3) is 3.60. The van der Waals surface area contributed by atoms with E-state index in [0.717, 1.165) is 44.6 Å². The summed E-state index contributed by atoms with van der Waals surface area (Å²) in [5.41, 5.74) is 1.08. The van der Waals surface area contributed by atoms with E-state index >= 15 is 0 Å². The van der Waals surface area contributed by atoms with Crippen LogP contribution in [0.5, 0.6) is 0 Å². The zero-order valence-electron chi connectivity index (χ0n) is 12.7. The molecule has 5 nitrogen and oxygen atoms in total. The van der Waals surface area contributed by atoms with Crippen LogP contribution in [0.15, 0.2) is 12.3 Å². The van der Waals surface area contributed by atoms with Gasteiger partial charge in [-0.15, -0.1) is 0 Å². The number of piperidine rings is 1. The Bertz CT molecular complexity index is 444. The Hall–Kier alpha value is -1.36. The molecule has 1 fully saturated rings. The van der Waals surface area contributed by atoms with Gasteiger partial charge in [0.15, 0.2) is 0 Å². The maximum Gasteiger partial charge on any atom is 0.309 e. The van der Waals surface area contributed by atoms with Crippen molar-refractivity contribution in [3.63, 3.8) is 0 Å². The highest BCUT2D eigenvalue weighted by molar-refractivity contribution is 5.72. The van der Waals surface area contributed by atoms with Crippen LogP contribution in [-0.4, -0.2) is 40.8 Å². The quantitative estimate of drug-likeness (QED) is 0.776. The van der Waals surface area contributed by atoms with Gasteiger partial charge < -0.3 is 4.74 Å². The van der Waals surface area contributed by atoms with Gasteiger partial charge in [0.1, 0.15) is 0 Å². The van der Waals surface area contributed by atoms with Crippen LogP contribution in [0.4, 0.5) is 0 Å². The summed E-state index contributed by atoms with van der Waals surface area (Å²) in [4.78, 5) is 13.9. The maximum atomic E-state index is 11.6. The summed E-state index contributed by atoms with van der Waals surface area (Å²) >= 11 is 0. The largest absolute Gasteiger partial charge is 0.469 e. The van der Waals surface area contributed by atoms with Crippen LogP contribution in [0.2, 0.25) is 0 Å². The minimum atomic E-state index is -0.0835. The number of rotatable bonds is 5. The smallest absolute Gasteiger partial charge is 0.309 e. The topological polar surface area (TPSA) is 47.4 Å². The predicted octanol–water partition coefficient (Wildman–Crippen LogP) is 2.24. The second-order valence-corrected chi connectivity index (χ2v) is 5.64. The lowest BCUT2D eigenvalue weighted by molar-refractivity contribution is -0.147. The minimum Gasteiger partial charge on any atom is -0.469 e. The standard InChI is InChI=1S/C15H25N3O2/c1-4-12(2)18-9-7-14(16-18)11-17-8-5-6-13(10-17)15(19)20-3/h7,9,12-13H,4-6,8,10-11H2,1-3H3/t12?,13-/m0/s1. The van der Waals surface area contributed by atoms with Crippen molar-refractivity contribution in [3.8, 4) is 0 Å². The molecule has 0 aliphatic carbocycles. The van der Waals surface area contributed by atoms with Gasteiger partial charge in [-0.25, -0.2) is 0 Å². The van der Waals surface area contributed by atoms with Gasteiger partial charge in [-0.3, -0.25) is 14.4 Å². The zero-order chi connectivity index (χ0) is 14.5. The highest BCUT2D eigenvalue weighted by Crippen LogP contribution is 2.19. The molecule has 0 N–H and O–H groups in total. The number of methoxy groups -OCH3 is 1. The molecule has 1 aliphatic heterocycles. The number of hydrogen-bond donors (Lipinski definition) is 0. The molecule has 0 aromatic carbocycles. The summed E-state index contributed by atoms with van der Waals surface area (Å²) in [7, 11) is 1.47. The molecule has 0 spiro atoms. The van der Waals surface area contributed by atoms with Crippen molar-refractivity contribution in [2.24, 2.45) is 5.92 Å². The molecular weight excluding hydrogens is 254 g/mol. The number of carbonyl (C=O) groups is 1. The van der Waals surface area contributed by atoms with Gasteiger partial charge in [0.05, 0.1) is 18.7 Å². The summed E-state index contributed by atoms with van der Waals surface area (Å²) in [5.74, 6) is -0.0646. The monoisotopic (exact) mass is 279 g/mol. The van der Waals surface area contributed by atoms with Crippen molar-refractivity contribution in [1.29, 1.82) is 0 Å². The Morgan fingerprint density at radius 2 is 2.40 bits per heavy atom. The molecule has 1 aromatic rings. The number of aromatic nitrogens is 2. The molecule has 2 heterocycles. The minimum absolute atomic E-state index is 0.0189. The molecule has 0 amide bonds. The first-order valence-electron chi connectivity index (χ1n) is 7.48. The summed E-state index contributed by atoms with van der Waals surface area (Å²) < 4.78 is 6.88. The van der Waals surface area contributed by atoms with Gasteiger partial charge in [-0.05, 0) is 38.8 Å². The SMILES string of the molecule is CCC(C)n1ccc(CN2CCC[C@H](C(=O)OC)C2)n1. The van der Waals surface area contributed by atoms with Crippen LogP contribution in [0, 0.1) is 5.92 Å². The molecule has 0 radical (unpaired) electrons. The summed E-state index contributed by atoms with van der Waals surface area (Å²) in [6.07, 6.45) is 5.11. The molecular formula is C15H25N3O2. The van der Waals surface area contributed by atoms with Crippen molar-refractivity contribution in [2.45, 2.75) is 45.7 Å². The number of ether oxygens (including phenoxy) is 1. The Labute approximate surface area is 120 Å². The van der Waals surface area contributed by atoms with Crippen molar-refractivity contribution >= 4 is 5.97 Å². The zero-order valence-corrected chi connectivity index (χ0v) is 12.7. The third-order valence-electron chi connectivity index (χ3n) is 4.13. The fourth-order valence-corrected chi connectivity index (χ4v) is 2.68. The Balaban J connectivity index is 1.92. The molecule has 1 aromatic heterocycles. The molecule has 1 aliphatic rings. The van der Waals surface area contributed by atoms with E-state index in [0.29, 0.717) is 6.04 Å². The molecule has 5 heteroatoms. The van der Waals surface area contributed by atoms with Crippen molar-refractivity contribution in [2.75, 3.05) is 20.2 Å². The van der Waals surface area contributed by atoms with E-state index in [1.807, 2.05) is 10.9 Å². The lowest BCUT2D eigenvalue weighted by Crippen LogP contribution is -2.38. The first-order chi connectivity index (χ1) is 9.63. The normalized spacial score (nSPS) is 21.6. The van der Waals surface area contributed by atoms with Crippen LogP contribution < -0.4 is 0 Å². The average Bonchev–Trinajstić information content (AvgIpc) is 2.94. The van der Waals surface area contributed by atoms with Gasteiger partial charge in [-0.2, -0.15) is 5.10 Å². The second-order valence-electron chi connectivity index (χ2n) is 5.64. The van der Waals surface area contributed by atoms with Crippen LogP contribution in [0.25, 0.3) is 0 Å². The molecule has 112 valence electrons. The molecule has 1 saturated heterocycles. The van der Waals surface area contributed by atoms with Gasteiger partial charge >= 0.3 is 5.97 Å². The highest BCUT2D eigenvalue weighted by atomic mass is 16.5. The molecule has 1 unspecified atom stereocenters. The van der Waals surface area contributed by atoms with Crippen molar-refractivity contribution in [1.82, 2.24) is 14.7 Å². The lowest BCUT2D eigenvalue weighted by atomic mass is 9.98. The fraction of sp³-hybridized carbons (Fsp3) is 0.733. The molecule has 2 rings (SSSR count). The lowest BCUT2D eigenvalue weighted by Gasteiger charge is -2.30. The number of likely N-dealkylation sites (tertiary alicyclic amines) is 1. The van der Waals surface area contributed by atoms with Crippen LogP contribution in [0.3, 0.4) is 0 Å². The number of hydrogen-bond acceptors (Lipinski definition) is 4. The van der Waals surface area contributed by atoms with Crippen LogP contribution >= 0.6 is 0 Å². The van der Waals surface area contributed by atoms with Crippen LogP contribution in [0.1, 0.15) is 44.8 Å². The van der Waals surface area contributed by atoms with E-state index in [9.17, 15) is 4.79 Å². The highest BCUT2D eigenvalue weighted by Gasteiger charge is 2.26. The number of esters is 1. The summed E-state index contributed by atoms with van der Waals surface area (Å²) in [6, 6.07) is 2.52. The van der Waals surface area contributed by atoms with E-state index in [-0.39, 0.29) is 11.9 Å². The molecule has 0 bridgehead atoms. The van der Waals surface area contributed by atoms with Gasteiger partial charge in [0.2, 0.25) is 0 Å². The van der Waals surface area contributed by atoms with E-state index in [1.54, 1.807) is 0 Å². The molecule has 20 heavy (non-hydrogen) atoms. The first kappa shape index (κ1) is 15.0. The number of nitrogens with zero attached hydrogens (tertiary/aromatic N) is 3. The Morgan fingerprint density at radius 3 is 3.10 bits per heavy atom. The summed E-state index contributed by atoms with van der Waals surface area (Å²) in [5, 5.41) is 4.62. The van der Waals surface area contributed by atoms with Gasteiger partial charge in [0.25, 0.3) is 0 Å². The third-order valence-corrected chi connectivity index (χ3v) is 4.13. The van der Waals surface area contributed by atoms with Crippen molar-refractivity contribution in [3.05, 3.63) is 18.0 Å². The summed E-state index contributed by atoms with van der Waals surface area (Å²) in [6.45, 7) is 6.96. The Kier molecular flexibility index (Phi) is 5.17.